The van der Waals surface area contributed by atoms with E-state index in [1.54, 1.807) is 27.4 Å². The zero-order valence-corrected chi connectivity index (χ0v) is 17.6. The number of methoxy groups -OCH3 is 3. The van der Waals surface area contributed by atoms with Crippen molar-refractivity contribution in [3.63, 3.8) is 0 Å². The minimum absolute atomic E-state index is 0.0343. The maximum Gasteiger partial charge on any atom is 0.303 e. The highest BCUT2D eigenvalue weighted by Gasteiger charge is 2.65. The summed E-state index contributed by atoms with van der Waals surface area (Å²) in [5.41, 5.74) is 0.670. The van der Waals surface area contributed by atoms with E-state index in [1.807, 2.05) is 31.2 Å². The molecule has 0 spiro atoms. The van der Waals surface area contributed by atoms with Gasteiger partial charge in [0, 0.05) is 25.9 Å². The maximum atomic E-state index is 13.4. The molecule has 0 aliphatic heterocycles. The largest absolute Gasteiger partial charge is 0.493 e. The van der Waals surface area contributed by atoms with Gasteiger partial charge in [0.2, 0.25) is 0 Å². The molecule has 1 saturated carbocycles. The highest BCUT2D eigenvalue weighted by Crippen LogP contribution is 2.58. The summed E-state index contributed by atoms with van der Waals surface area (Å²) in [6.07, 6.45) is 3.29. The molecule has 0 amide bonds. The summed E-state index contributed by atoms with van der Waals surface area (Å²) >= 11 is 0. The van der Waals surface area contributed by atoms with Gasteiger partial charge in [-0.3, -0.25) is 9.59 Å². The number of hydrogen-bond acceptors (Lipinski definition) is 6. The van der Waals surface area contributed by atoms with Gasteiger partial charge in [0.25, 0.3) is 0 Å². The summed E-state index contributed by atoms with van der Waals surface area (Å²) in [4.78, 5) is 25.3. The van der Waals surface area contributed by atoms with Crippen molar-refractivity contribution in [1.82, 2.24) is 0 Å². The standard InChI is InChI=1S/C23H28O6/c1-7-8-16-12-23(28-6)13(2)19(20(21(16)25)22(23)29-14(3)24)15-9-10-17(26-4)18(11-15)27-5/h7,9-13,19-20,22H,1,8H2,2-6H3. The second-order valence-corrected chi connectivity index (χ2v) is 7.57. The lowest BCUT2D eigenvalue weighted by molar-refractivity contribution is -0.166. The van der Waals surface area contributed by atoms with Crippen molar-refractivity contribution in [2.24, 2.45) is 11.8 Å². The van der Waals surface area contributed by atoms with Crippen LogP contribution in [-0.2, 0) is 19.1 Å². The van der Waals surface area contributed by atoms with Crippen LogP contribution in [0.5, 0.6) is 11.5 Å². The third-order valence-electron chi connectivity index (χ3n) is 6.23. The number of Topliss-reactive ketones (excluding diaryl/α,β-unsaturated/α-hetero) is 1. The second-order valence-electron chi connectivity index (χ2n) is 7.57. The zero-order chi connectivity index (χ0) is 21.3. The van der Waals surface area contributed by atoms with Gasteiger partial charge in [0.15, 0.2) is 17.3 Å². The molecule has 0 aromatic heterocycles. The number of allylic oxidation sites excluding steroid dienone is 2. The highest BCUT2D eigenvalue weighted by molar-refractivity contribution is 6.01. The van der Waals surface area contributed by atoms with Crippen molar-refractivity contribution in [3.05, 3.63) is 48.1 Å². The number of hydrogen-bond donors (Lipinski definition) is 0. The molecule has 0 radical (unpaired) electrons. The molecule has 5 unspecified atom stereocenters. The quantitative estimate of drug-likeness (QED) is 0.516. The van der Waals surface area contributed by atoms with E-state index < -0.39 is 23.6 Å². The molecule has 3 rings (SSSR count). The van der Waals surface area contributed by atoms with Crippen LogP contribution in [0, 0.1) is 11.8 Å². The zero-order valence-electron chi connectivity index (χ0n) is 17.6. The van der Waals surface area contributed by atoms with Gasteiger partial charge >= 0.3 is 5.97 Å². The fourth-order valence-corrected chi connectivity index (χ4v) is 4.97. The van der Waals surface area contributed by atoms with Crippen molar-refractivity contribution in [1.29, 1.82) is 0 Å². The first-order valence-electron chi connectivity index (χ1n) is 9.65. The van der Waals surface area contributed by atoms with Crippen LogP contribution in [0.1, 0.15) is 31.7 Å². The molecule has 156 valence electrons. The molecule has 2 aliphatic carbocycles. The van der Waals surface area contributed by atoms with Crippen LogP contribution in [0.2, 0.25) is 0 Å². The number of ether oxygens (including phenoxy) is 4. The molecular weight excluding hydrogens is 372 g/mol. The summed E-state index contributed by atoms with van der Waals surface area (Å²) in [7, 11) is 4.75. The third kappa shape index (κ3) is 3.25. The van der Waals surface area contributed by atoms with Gasteiger partial charge in [-0.15, -0.1) is 6.58 Å². The topological polar surface area (TPSA) is 71.1 Å². The summed E-state index contributed by atoms with van der Waals surface area (Å²) in [5, 5.41) is 0. The Kier molecular flexibility index (Phi) is 5.85. The normalized spacial score (nSPS) is 30.5. The van der Waals surface area contributed by atoms with E-state index in [-0.39, 0.29) is 17.6 Å². The summed E-state index contributed by atoms with van der Waals surface area (Å²) < 4.78 is 22.5. The lowest BCUT2D eigenvalue weighted by atomic mass is 9.78. The smallest absolute Gasteiger partial charge is 0.303 e. The van der Waals surface area contributed by atoms with E-state index in [1.165, 1.54) is 6.92 Å². The molecule has 2 aliphatic rings. The van der Waals surface area contributed by atoms with Gasteiger partial charge in [-0.1, -0.05) is 19.1 Å². The van der Waals surface area contributed by atoms with Crippen LogP contribution in [0.4, 0.5) is 0 Å². The molecule has 5 atom stereocenters. The maximum absolute atomic E-state index is 13.4. The van der Waals surface area contributed by atoms with Crippen LogP contribution < -0.4 is 9.47 Å². The average Bonchev–Trinajstić information content (AvgIpc) is 2.88. The SMILES string of the molecule is C=CCC1=CC2(OC)C(C)C(c3ccc(OC)c(OC)c3)C(C1=O)C2OC(C)=O. The number of esters is 1. The lowest BCUT2D eigenvalue weighted by Crippen LogP contribution is -2.50. The number of carbonyl (C=O) groups is 2. The lowest BCUT2D eigenvalue weighted by Gasteiger charge is -2.38. The van der Waals surface area contributed by atoms with E-state index in [0.29, 0.717) is 23.5 Å². The molecule has 1 aromatic rings. The van der Waals surface area contributed by atoms with Crippen LogP contribution >= 0.6 is 0 Å². The van der Waals surface area contributed by atoms with E-state index in [4.69, 9.17) is 18.9 Å². The predicted octanol–water partition coefficient (Wildman–Crippen LogP) is 3.46. The first-order chi connectivity index (χ1) is 13.8. The molecule has 6 heteroatoms. The van der Waals surface area contributed by atoms with Gasteiger partial charge < -0.3 is 18.9 Å². The van der Waals surface area contributed by atoms with Gasteiger partial charge in [-0.25, -0.2) is 0 Å². The van der Waals surface area contributed by atoms with Gasteiger partial charge in [-0.2, -0.15) is 0 Å². The minimum Gasteiger partial charge on any atom is -0.493 e. The Labute approximate surface area is 171 Å². The molecule has 2 bridgehead atoms. The van der Waals surface area contributed by atoms with Gasteiger partial charge in [0.1, 0.15) is 11.7 Å². The Morgan fingerprint density at radius 3 is 2.41 bits per heavy atom. The molecule has 1 fully saturated rings. The van der Waals surface area contributed by atoms with Gasteiger partial charge in [0.05, 0.1) is 20.1 Å². The Balaban J connectivity index is 2.17. The molecule has 1 aromatic carbocycles. The highest BCUT2D eigenvalue weighted by atomic mass is 16.6. The van der Waals surface area contributed by atoms with Gasteiger partial charge in [-0.05, 0) is 35.8 Å². The summed E-state index contributed by atoms with van der Waals surface area (Å²) in [6.45, 7) is 7.15. The van der Waals surface area contributed by atoms with Crippen molar-refractivity contribution < 1.29 is 28.5 Å². The number of rotatable bonds is 7. The van der Waals surface area contributed by atoms with E-state index in [0.717, 1.165) is 5.56 Å². The monoisotopic (exact) mass is 400 g/mol. The summed E-state index contributed by atoms with van der Waals surface area (Å²) in [5.74, 6) is -0.160. The van der Waals surface area contributed by atoms with Crippen molar-refractivity contribution in [2.75, 3.05) is 21.3 Å². The van der Waals surface area contributed by atoms with Crippen LogP contribution in [-0.4, -0.2) is 44.8 Å². The van der Waals surface area contributed by atoms with Crippen molar-refractivity contribution >= 4 is 11.8 Å². The fraction of sp³-hybridized carbons (Fsp3) is 0.478. The van der Waals surface area contributed by atoms with Crippen LogP contribution in [0.25, 0.3) is 0 Å². The Hall–Kier alpha value is -2.60. The number of ketones is 1. The molecule has 0 heterocycles. The molecular formula is C23H28O6. The van der Waals surface area contributed by atoms with Crippen LogP contribution in [0.3, 0.4) is 0 Å². The molecule has 29 heavy (non-hydrogen) atoms. The van der Waals surface area contributed by atoms with E-state index in [2.05, 4.69) is 6.58 Å². The average molecular weight is 400 g/mol. The minimum atomic E-state index is -0.888. The number of fused-ring (bicyclic) bond motifs is 2. The Morgan fingerprint density at radius 1 is 1.17 bits per heavy atom. The second kappa shape index (κ2) is 8.03. The number of benzene rings is 1. The Morgan fingerprint density at radius 2 is 1.86 bits per heavy atom. The first kappa shape index (κ1) is 21.1. The predicted molar refractivity (Wildman–Crippen MR) is 108 cm³/mol. The summed E-state index contributed by atoms with van der Waals surface area (Å²) in [6, 6.07) is 5.64. The van der Waals surface area contributed by atoms with E-state index >= 15 is 0 Å². The Bertz CT molecular complexity index is 857. The van der Waals surface area contributed by atoms with Crippen molar-refractivity contribution in [2.45, 2.75) is 37.9 Å². The molecule has 0 N–H and O–H groups in total. The fourth-order valence-electron chi connectivity index (χ4n) is 4.97. The molecule has 0 saturated heterocycles. The number of carbonyl (C=O) groups excluding carboxylic acids is 2. The first-order valence-corrected chi connectivity index (χ1v) is 9.65. The van der Waals surface area contributed by atoms with E-state index in [9.17, 15) is 9.59 Å². The third-order valence-corrected chi connectivity index (χ3v) is 6.23. The van der Waals surface area contributed by atoms with Crippen LogP contribution in [0.15, 0.2) is 42.5 Å². The molecule has 6 nitrogen and oxygen atoms in total. The van der Waals surface area contributed by atoms with Crippen molar-refractivity contribution in [3.8, 4) is 11.5 Å².